The first kappa shape index (κ1) is 9.96. The van der Waals surface area contributed by atoms with Gasteiger partial charge in [-0.1, -0.05) is 12.2 Å². The Labute approximate surface area is 88.7 Å². The van der Waals surface area contributed by atoms with Gasteiger partial charge < -0.3 is 9.88 Å². The number of nitrogens with one attached hydrogen (secondary N) is 1. The van der Waals surface area contributed by atoms with Crippen molar-refractivity contribution in [3.05, 3.63) is 34.9 Å². The van der Waals surface area contributed by atoms with E-state index in [-0.39, 0.29) is 5.56 Å². The average molecular weight is 205 g/mol. The molecule has 4 nitrogen and oxygen atoms in total. The Morgan fingerprint density at radius 2 is 2.47 bits per heavy atom. The van der Waals surface area contributed by atoms with Gasteiger partial charge >= 0.3 is 0 Å². The molecule has 0 aliphatic heterocycles. The summed E-state index contributed by atoms with van der Waals surface area (Å²) in [5.41, 5.74) is 0.958. The molecular weight excluding hydrogens is 190 g/mol. The lowest BCUT2D eigenvalue weighted by Gasteiger charge is -2.07. The van der Waals surface area contributed by atoms with Gasteiger partial charge in [0.15, 0.2) is 5.82 Å². The SMILES string of the molecule is C=C(C)CNc1nccn(C2CC2)c1=O. The smallest absolute Gasteiger partial charge is 0.293 e. The van der Waals surface area contributed by atoms with Crippen LogP contribution in [0.3, 0.4) is 0 Å². The lowest BCUT2D eigenvalue weighted by Crippen LogP contribution is -2.24. The number of hydrogen-bond donors (Lipinski definition) is 1. The summed E-state index contributed by atoms with van der Waals surface area (Å²) >= 11 is 0. The Balaban J connectivity index is 2.20. The maximum Gasteiger partial charge on any atom is 0.293 e. The molecule has 0 bridgehead atoms. The summed E-state index contributed by atoms with van der Waals surface area (Å²) in [6.07, 6.45) is 5.63. The van der Waals surface area contributed by atoms with Crippen LogP contribution in [0.4, 0.5) is 5.82 Å². The number of rotatable bonds is 4. The lowest BCUT2D eigenvalue weighted by atomic mass is 10.3. The fraction of sp³-hybridized carbons (Fsp3) is 0.455. The zero-order chi connectivity index (χ0) is 10.8. The monoisotopic (exact) mass is 205 g/mol. The fourth-order valence-electron chi connectivity index (χ4n) is 1.42. The van der Waals surface area contributed by atoms with E-state index in [1.807, 2.05) is 6.92 Å². The van der Waals surface area contributed by atoms with Crippen LogP contribution in [0.15, 0.2) is 29.3 Å². The molecule has 1 aliphatic carbocycles. The molecule has 0 spiro atoms. The van der Waals surface area contributed by atoms with Gasteiger partial charge in [0, 0.05) is 25.0 Å². The van der Waals surface area contributed by atoms with E-state index in [0.717, 1.165) is 18.4 Å². The second kappa shape index (κ2) is 3.88. The Morgan fingerprint density at radius 3 is 3.07 bits per heavy atom. The van der Waals surface area contributed by atoms with Crippen LogP contribution in [0.25, 0.3) is 0 Å². The Hall–Kier alpha value is -1.58. The van der Waals surface area contributed by atoms with Crippen molar-refractivity contribution in [2.24, 2.45) is 0 Å². The number of nitrogens with zero attached hydrogens (tertiary/aromatic N) is 2. The van der Waals surface area contributed by atoms with Crippen LogP contribution in [0.1, 0.15) is 25.8 Å². The van der Waals surface area contributed by atoms with Gasteiger partial charge in [0.2, 0.25) is 0 Å². The van der Waals surface area contributed by atoms with Crippen molar-refractivity contribution in [2.75, 3.05) is 11.9 Å². The van der Waals surface area contributed by atoms with Gasteiger partial charge in [-0.05, 0) is 19.8 Å². The lowest BCUT2D eigenvalue weighted by molar-refractivity contribution is 0.700. The van der Waals surface area contributed by atoms with Gasteiger partial charge in [-0.2, -0.15) is 0 Å². The van der Waals surface area contributed by atoms with Crippen molar-refractivity contribution in [1.82, 2.24) is 9.55 Å². The summed E-state index contributed by atoms with van der Waals surface area (Å²) in [5, 5.41) is 2.99. The van der Waals surface area contributed by atoms with Gasteiger partial charge in [0.1, 0.15) is 0 Å². The highest BCUT2D eigenvalue weighted by Crippen LogP contribution is 2.33. The van der Waals surface area contributed by atoms with Crippen LogP contribution in [-0.4, -0.2) is 16.1 Å². The molecule has 1 heterocycles. The van der Waals surface area contributed by atoms with Crippen molar-refractivity contribution in [1.29, 1.82) is 0 Å². The van der Waals surface area contributed by atoms with Crippen molar-refractivity contribution in [2.45, 2.75) is 25.8 Å². The van der Waals surface area contributed by atoms with Crippen LogP contribution < -0.4 is 10.9 Å². The molecule has 0 saturated heterocycles. The summed E-state index contributed by atoms with van der Waals surface area (Å²) < 4.78 is 1.76. The standard InChI is InChI=1S/C11H15N3O/c1-8(2)7-13-10-11(15)14(6-5-12-10)9-3-4-9/h5-6,9H,1,3-4,7H2,2H3,(H,12,13). The highest BCUT2D eigenvalue weighted by Gasteiger charge is 2.25. The normalized spacial score (nSPS) is 15.0. The number of hydrogen-bond acceptors (Lipinski definition) is 3. The maximum atomic E-state index is 11.9. The van der Waals surface area contributed by atoms with E-state index in [1.165, 1.54) is 0 Å². The predicted octanol–water partition coefficient (Wildman–Crippen LogP) is 1.57. The molecule has 1 aromatic rings. The van der Waals surface area contributed by atoms with E-state index >= 15 is 0 Å². The quantitative estimate of drug-likeness (QED) is 0.759. The minimum Gasteiger partial charge on any atom is -0.362 e. The first-order valence-corrected chi connectivity index (χ1v) is 5.14. The second-order valence-corrected chi connectivity index (χ2v) is 4.03. The highest BCUT2D eigenvalue weighted by molar-refractivity contribution is 5.32. The van der Waals surface area contributed by atoms with Crippen LogP contribution in [0, 0.1) is 0 Å². The molecule has 1 aliphatic rings. The summed E-state index contributed by atoms with van der Waals surface area (Å²) in [5.74, 6) is 0.424. The van der Waals surface area contributed by atoms with Gasteiger partial charge in [-0.3, -0.25) is 4.79 Å². The van der Waals surface area contributed by atoms with E-state index in [1.54, 1.807) is 17.0 Å². The summed E-state index contributed by atoms with van der Waals surface area (Å²) in [6.45, 7) is 6.28. The van der Waals surface area contributed by atoms with Gasteiger partial charge in [0.25, 0.3) is 5.56 Å². The molecule has 0 unspecified atom stereocenters. The highest BCUT2D eigenvalue weighted by atomic mass is 16.1. The molecule has 1 N–H and O–H groups in total. The average Bonchev–Trinajstić information content (AvgIpc) is 2.99. The van der Waals surface area contributed by atoms with E-state index in [0.29, 0.717) is 18.4 Å². The van der Waals surface area contributed by atoms with Gasteiger partial charge in [-0.25, -0.2) is 4.98 Å². The Bertz CT molecular complexity index is 432. The molecule has 1 saturated carbocycles. The maximum absolute atomic E-state index is 11.9. The fourth-order valence-corrected chi connectivity index (χ4v) is 1.42. The third-order valence-corrected chi connectivity index (χ3v) is 2.37. The number of anilines is 1. The minimum absolute atomic E-state index is 0.0266. The van der Waals surface area contributed by atoms with Crippen LogP contribution in [-0.2, 0) is 0 Å². The van der Waals surface area contributed by atoms with Gasteiger partial charge in [-0.15, -0.1) is 0 Å². The minimum atomic E-state index is -0.0266. The summed E-state index contributed by atoms with van der Waals surface area (Å²) in [4.78, 5) is 15.9. The summed E-state index contributed by atoms with van der Waals surface area (Å²) in [7, 11) is 0. The van der Waals surface area contributed by atoms with Crippen molar-refractivity contribution in [3.63, 3.8) is 0 Å². The van der Waals surface area contributed by atoms with E-state index < -0.39 is 0 Å². The van der Waals surface area contributed by atoms with Gasteiger partial charge in [0.05, 0.1) is 0 Å². The molecule has 80 valence electrons. The molecule has 1 aromatic heterocycles. The van der Waals surface area contributed by atoms with Crippen LogP contribution in [0.5, 0.6) is 0 Å². The molecule has 0 atom stereocenters. The Kier molecular flexibility index (Phi) is 2.58. The zero-order valence-corrected chi connectivity index (χ0v) is 8.86. The topological polar surface area (TPSA) is 46.9 Å². The molecule has 2 rings (SSSR count). The van der Waals surface area contributed by atoms with Crippen LogP contribution >= 0.6 is 0 Å². The molecule has 0 radical (unpaired) electrons. The van der Waals surface area contributed by atoms with Crippen molar-refractivity contribution >= 4 is 5.82 Å². The molecule has 0 amide bonds. The van der Waals surface area contributed by atoms with Crippen molar-refractivity contribution < 1.29 is 0 Å². The zero-order valence-electron chi connectivity index (χ0n) is 8.86. The largest absolute Gasteiger partial charge is 0.362 e. The third kappa shape index (κ3) is 2.26. The van der Waals surface area contributed by atoms with Crippen LogP contribution in [0.2, 0.25) is 0 Å². The molecule has 0 aromatic carbocycles. The first-order chi connectivity index (χ1) is 7.18. The molecule has 15 heavy (non-hydrogen) atoms. The molecule has 1 fully saturated rings. The number of aromatic nitrogens is 2. The molecule has 4 heteroatoms. The van der Waals surface area contributed by atoms with E-state index in [2.05, 4.69) is 16.9 Å². The predicted molar refractivity (Wildman–Crippen MR) is 60.1 cm³/mol. The van der Waals surface area contributed by atoms with E-state index in [4.69, 9.17) is 0 Å². The Morgan fingerprint density at radius 1 is 1.73 bits per heavy atom. The first-order valence-electron chi connectivity index (χ1n) is 5.14. The second-order valence-electron chi connectivity index (χ2n) is 4.03. The molecular formula is C11H15N3O. The van der Waals surface area contributed by atoms with Crippen molar-refractivity contribution in [3.8, 4) is 0 Å². The van der Waals surface area contributed by atoms with E-state index in [9.17, 15) is 4.79 Å². The summed E-state index contributed by atoms with van der Waals surface area (Å²) in [6, 6.07) is 0.394. The third-order valence-electron chi connectivity index (χ3n) is 2.37.